The SMILES string of the molecule is CCOC(=O)c1c(N)c(C#N)c(N2CCC[C@@H](NC(=O)OC(C)(C)C)C2)n1Cc1cc(F)ccc1Cl.COc1ccc(Cn2c(=O)c3c(c(C#N)c(N4CCC[C@@H](NC(=O)OC(C)(C)C)C4)n3Cc3cc(F)ccc3Cl)n(C)c2=O)cc1. The van der Waals surface area contributed by atoms with Gasteiger partial charge in [-0.2, -0.15) is 10.5 Å². The molecule has 82 heavy (non-hydrogen) atoms. The molecule has 4 N–H and O–H groups in total. The Morgan fingerprint density at radius 3 is 1.67 bits per heavy atom. The van der Waals surface area contributed by atoms with Crippen LogP contribution in [-0.2, 0) is 40.9 Å². The van der Waals surface area contributed by atoms with Crippen molar-refractivity contribution in [2.45, 2.75) is 117 Å². The van der Waals surface area contributed by atoms with Gasteiger partial charge in [0, 0.05) is 55.4 Å². The normalized spacial score (nSPS) is 15.4. The highest BCUT2D eigenvalue weighted by Crippen LogP contribution is 2.37. The summed E-state index contributed by atoms with van der Waals surface area (Å²) in [5.41, 5.74) is 5.70. The van der Waals surface area contributed by atoms with Crippen molar-refractivity contribution in [1.82, 2.24) is 28.9 Å². The number of ether oxygens (including phenoxy) is 4. The molecule has 436 valence electrons. The summed E-state index contributed by atoms with van der Waals surface area (Å²) < 4.78 is 55.3. The number of nitriles is 2. The number of methoxy groups -OCH3 is 1. The minimum atomic E-state index is -0.703. The number of nitrogens with zero attached hydrogens (tertiary/aromatic N) is 8. The van der Waals surface area contributed by atoms with E-state index in [0.717, 1.165) is 4.57 Å². The molecule has 5 heterocycles. The fourth-order valence-corrected chi connectivity index (χ4v) is 10.5. The quantitative estimate of drug-likeness (QED) is 0.0721. The number of nitrogens with two attached hydrogens (primary N) is 1. The van der Waals surface area contributed by atoms with Crippen molar-refractivity contribution in [3.05, 3.63) is 137 Å². The predicted molar refractivity (Wildman–Crippen MR) is 308 cm³/mol. The van der Waals surface area contributed by atoms with Crippen molar-refractivity contribution in [2.75, 3.05) is 55.4 Å². The van der Waals surface area contributed by atoms with Gasteiger partial charge in [-0.1, -0.05) is 35.3 Å². The van der Waals surface area contributed by atoms with Gasteiger partial charge in [0.05, 0.1) is 44.6 Å². The van der Waals surface area contributed by atoms with E-state index < -0.39 is 52.2 Å². The third-order valence-corrected chi connectivity index (χ3v) is 14.3. The summed E-state index contributed by atoms with van der Waals surface area (Å²) in [4.78, 5) is 69.6. The number of amides is 2. The Kier molecular flexibility index (Phi) is 19.3. The predicted octanol–water partition coefficient (Wildman–Crippen LogP) is 9.22. The summed E-state index contributed by atoms with van der Waals surface area (Å²) in [6.07, 6.45) is 1.63. The maximum atomic E-state index is 14.4. The molecular formula is C58H67Cl2F2N11O9. The molecule has 0 spiro atoms. The molecular weight excluding hydrogens is 1100 g/mol. The highest BCUT2D eigenvalue weighted by molar-refractivity contribution is 6.31. The summed E-state index contributed by atoms with van der Waals surface area (Å²) in [6, 6.07) is 18.6. The molecule has 8 rings (SSSR count). The zero-order valence-electron chi connectivity index (χ0n) is 47.3. The summed E-state index contributed by atoms with van der Waals surface area (Å²) in [7, 11) is 3.06. The van der Waals surface area contributed by atoms with Crippen LogP contribution in [0.3, 0.4) is 0 Å². The van der Waals surface area contributed by atoms with Crippen LogP contribution in [0.2, 0.25) is 10.0 Å². The second-order valence-electron chi connectivity index (χ2n) is 21.9. The standard InChI is InChI=1S/C33H36ClFN6O5.C25H31ClFN5O4/c1-33(2,3)46-31(43)37-23-7-6-14-39(19-23)29-25(16-36)27-28(40(29)18-21-15-22(35)10-13-26(21)34)30(42)41(32(44)38(27)4)17-20-8-11-24(45-5)12-9-20;1-5-35-23(33)21-20(29)18(12-28)22(32(21)13-15-11-16(27)8-9-19(15)26)31-10-6-7-17(14-31)30-24(34)36-25(2,3)4/h8-13,15,23H,6-7,14,17-19H2,1-5H3,(H,37,43);8-9,11,17H,5-7,10,13-14,29H2,1-4H3,(H,30,34)/t23-;17-/m11/s1. The molecule has 2 aliphatic heterocycles. The number of esters is 1. The first-order valence-corrected chi connectivity index (χ1v) is 27.4. The largest absolute Gasteiger partial charge is 0.497 e. The van der Waals surface area contributed by atoms with Gasteiger partial charge in [-0.05, 0) is 139 Å². The van der Waals surface area contributed by atoms with Crippen LogP contribution in [0.25, 0.3) is 11.0 Å². The van der Waals surface area contributed by atoms with E-state index in [2.05, 4.69) is 22.8 Å². The second-order valence-corrected chi connectivity index (χ2v) is 22.7. The average Bonchev–Trinajstić information content (AvgIpc) is 2.86. The van der Waals surface area contributed by atoms with Gasteiger partial charge in [0.25, 0.3) is 5.56 Å². The number of piperidine rings is 2. The third kappa shape index (κ3) is 14.3. The lowest BCUT2D eigenvalue weighted by Crippen LogP contribution is -2.49. The average molecular weight is 1170 g/mol. The molecule has 0 aliphatic carbocycles. The van der Waals surface area contributed by atoms with E-state index in [4.69, 9.17) is 47.9 Å². The van der Waals surface area contributed by atoms with Crippen molar-refractivity contribution in [3.8, 4) is 17.9 Å². The smallest absolute Gasteiger partial charge is 0.407 e. The number of fused-ring (bicyclic) bond motifs is 1. The lowest BCUT2D eigenvalue weighted by atomic mass is 10.1. The number of benzene rings is 3. The molecule has 0 unspecified atom stereocenters. The molecule has 2 saturated heterocycles. The molecule has 0 radical (unpaired) electrons. The van der Waals surface area contributed by atoms with Gasteiger partial charge in [-0.25, -0.2) is 28.0 Å². The Morgan fingerprint density at radius 2 is 1.21 bits per heavy atom. The Bertz CT molecular complexity index is 3590. The van der Waals surface area contributed by atoms with Crippen LogP contribution in [0.5, 0.6) is 5.75 Å². The summed E-state index contributed by atoms with van der Waals surface area (Å²) in [6.45, 7) is 14.0. The van der Waals surface area contributed by atoms with Crippen LogP contribution in [-0.4, -0.2) is 99.6 Å². The number of nitrogens with one attached hydrogen (secondary N) is 2. The highest BCUT2D eigenvalue weighted by atomic mass is 35.5. The molecule has 24 heteroatoms. The van der Waals surface area contributed by atoms with Crippen LogP contribution in [0, 0.1) is 34.3 Å². The fraction of sp³-hybridized carbons (Fsp3) is 0.431. The molecule has 6 aromatic rings. The van der Waals surface area contributed by atoms with Gasteiger partial charge < -0.3 is 54.2 Å². The van der Waals surface area contributed by atoms with E-state index in [1.165, 1.54) is 48.0 Å². The monoisotopic (exact) mass is 1170 g/mol. The van der Waals surface area contributed by atoms with E-state index in [-0.39, 0.29) is 76.9 Å². The van der Waals surface area contributed by atoms with Gasteiger partial charge in [0.1, 0.15) is 69.0 Å². The van der Waals surface area contributed by atoms with E-state index in [9.17, 15) is 43.3 Å². The molecule has 20 nitrogen and oxygen atoms in total. The minimum Gasteiger partial charge on any atom is -0.497 e. The number of aryl methyl sites for hydroxylation is 1. The van der Waals surface area contributed by atoms with E-state index >= 15 is 0 Å². The molecule has 3 aromatic carbocycles. The maximum absolute atomic E-state index is 14.4. The van der Waals surface area contributed by atoms with Crippen LogP contribution in [0.1, 0.15) is 112 Å². The van der Waals surface area contributed by atoms with Crippen LogP contribution in [0.4, 0.5) is 35.7 Å². The van der Waals surface area contributed by atoms with Gasteiger partial charge in [0.15, 0.2) is 5.69 Å². The Hall–Kier alpha value is -8.21. The topological polar surface area (TPSA) is 246 Å². The van der Waals surface area contributed by atoms with E-state index in [0.29, 0.717) is 91.0 Å². The van der Waals surface area contributed by atoms with Crippen molar-refractivity contribution < 1.29 is 42.1 Å². The molecule has 2 amide bonds. The highest BCUT2D eigenvalue weighted by Gasteiger charge is 2.35. The van der Waals surface area contributed by atoms with Crippen LogP contribution in [0.15, 0.2) is 70.3 Å². The second kappa shape index (κ2) is 25.7. The molecule has 2 aliphatic rings. The van der Waals surface area contributed by atoms with E-state index in [1.807, 2.05) is 9.80 Å². The lowest BCUT2D eigenvalue weighted by Gasteiger charge is -2.35. The number of alkyl carbamates (subject to hydrolysis) is 2. The molecule has 3 aromatic heterocycles. The zero-order chi connectivity index (χ0) is 60.0. The Balaban J connectivity index is 0.000000244. The first-order valence-electron chi connectivity index (χ1n) is 26.6. The number of anilines is 3. The maximum Gasteiger partial charge on any atom is 0.407 e. The number of nitrogen functional groups attached to an aromatic ring is 1. The van der Waals surface area contributed by atoms with Gasteiger partial charge >= 0.3 is 23.8 Å². The Labute approximate surface area is 483 Å². The number of hydrogen-bond acceptors (Lipinski definition) is 14. The zero-order valence-corrected chi connectivity index (χ0v) is 48.8. The van der Waals surface area contributed by atoms with E-state index in [1.54, 1.807) is 89.0 Å². The van der Waals surface area contributed by atoms with Crippen molar-refractivity contribution in [1.29, 1.82) is 10.5 Å². The minimum absolute atomic E-state index is 0.00838. The summed E-state index contributed by atoms with van der Waals surface area (Å²) >= 11 is 12.8. The number of halogens is 4. The summed E-state index contributed by atoms with van der Waals surface area (Å²) in [5, 5.41) is 26.9. The third-order valence-electron chi connectivity index (χ3n) is 13.5. The molecule has 2 atom stereocenters. The van der Waals surface area contributed by atoms with Gasteiger partial charge in [0.2, 0.25) is 0 Å². The summed E-state index contributed by atoms with van der Waals surface area (Å²) in [5.74, 6) is -0.317. The van der Waals surface area contributed by atoms with Crippen molar-refractivity contribution in [2.24, 2.45) is 7.05 Å². The van der Waals surface area contributed by atoms with Crippen LogP contribution < -0.4 is 42.2 Å². The fourth-order valence-electron chi connectivity index (χ4n) is 10.1. The first kappa shape index (κ1) is 61.4. The Morgan fingerprint density at radius 1 is 0.720 bits per heavy atom. The number of aromatic nitrogens is 4. The molecule has 2 fully saturated rings. The lowest BCUT2D eigenvalue weighted by molar-refractivity contribution is 0.0488. The number of rotatable bonds is 13. The molecule has 0 saturated carbocycles. The number of carbonyl (C=O) groups excluding carboxylic acids is 3. The van der Waals surface area contributed by atoms with Crippen molar-refractivity contribution in [3.63, 3.8) is 0 Å². The van der Waals surface area contributed by atoms with Crippen molar-refractivity contribution >= 4 is 69.7 Å². The first-order chi connectivity index (χ1) is 38.7. The van der Waals surface area contributed by atoms with Gasteiger partial charge in [-0.15, -0.1) is 0 Å². The number of carbonyl (C=O) groups is 3. The van der Waals surface area contributed by atoms with Crippen LogP contribution >= 0.6 is 23.2 Å². The van der Waals surface area contributed by atoms with Gasteiger partial charge in [-0.3, -0.25) is 13.9 Å². The number of hydrogen-bond donors (Lipinski definition) is 3. The molecule has 0 bridgehead atoms.